The molecule has 5 rings (SSSR count). The summed E-state index contributed by atoms with van der Waals surface area (Å²) in [6.07, 6.45) is 2.24. The summed E-state index contributed by atoms with van der Waals surface area (Å²) in [6, 6.07) is 19.4. The van der Waals surface area contributed by atoms with Crippen molar-refractivity contribution in [2.45, 2.75) is 37.5 Å². The molecule has 2 saturated heterocycles. The minimum absolute atomic E-state index is 0.0738. The van der Waals surface area contributed by atoms with E-state index in [-0.39, 0.29) is 11.8 Å². The summed E-state index contributed by atoms with van der Waals surface area (Å²) in [5.74, 6) is 2.95. The molecule has 182 valence electrons. The molecule has 1 aromatic heterocycles. The number of hydrogen-bond acceptors (Lipinski definition) is 6. The van der Waals surface area contributed by atoms with E-state index in [2.05, 4.69) is 12.1 Å². The van der Waals surface area contributed by atoms with Gasteiger partial charge in [0, 0.05) is 44.0 Å². The van der Waals surface area contributed by atoms with Gasteiger partial charge in [-0.05, 0) is 56.0 Å². The van der Waals surface area contributed by atoms with E-state index < -0.39 is 5.41 Å². The van der Waals surface area contributed by atoms with Crippen LogP contribution in [0.1, 0.15) is 42.3 Å². The Hall–Kier alpha value is -3.45. The largest absolute Gasteiger partial charge is 0.497 e. The lowest BCUT2D eigenvalue weighted by molar-refractivity contribution is -0.140. The van der Waals surface area contributed by atoms with Crippen molar-refractivity contribution in [3.63, 3.8) is 0 Å². The van der Waals surface area contributed by atoms with Crippen molar-refractivity contribution in [2.75, 3.05) is 33.4 Å². The molecule has 7 nitrogen and oxygen atoms in total. The molecule has 0 aliphatic carbocycles. The molecule has 0 bridgehead atoms. The molecule has 3 aromatic rings. The Morgan fingerprint density at radius 3 is 2.46 bits per heavy atom. The molecule has 2 aliphatic heterocycles. The third-order valence-electron chi connectivity index (χ3n) is 7.05. The molecule has 2 aliphatic rings. The fraction of sp³-hybridized carbons (Fsp3) is 0.393. The number of carbonyl (C=O) groups is 1. The van der Waals surface area contributed by atoms with Crippen molar-refractivity contribution in [2.24, 2.45) is 0 Å². The summed E-state index contributed by atoms with van der Waals surface area (Å²) in [7, 11) is 1.63. The first-order valence-electron chi connectivity index (χ1n) is 12.2. The minimum Gasteiger partial charge on any atom is -0.497 e. The maximum absolute atomic E-state index is 13.9. The maximum atomic E-state index is 13.9. The molecule has 2 aromatic carbocycles. The SMILES string of the molecule is COc1ccc(Oc2cc(C)nc([C@H]3CCN(C(=O)C4(c5ccccc5)CCOCC4)C3)n2)cc1. The number of likely N-dealkylation sites (tertiary alicyclic amines) is 1. The van der Waals surface area contributed by atoms with Gasteiger partial charge >= 0.3 is 0 Å². The van der Waals surface area contributed by atoms with Crippen LogP contribution in [0.5, 0.6) is 17.4 Å². The number of rotatable bonds is 6. The van der Waals surface area contributed by atoms with Gasteiger partial charge in [0.2, 0.25) is 11.8 Å². The third kappa shape index (κ3) is 4.86. The summed E-state index contributed by atoms with van der Waals surface area (Å²) in [5, 5.41) is 0. The zero-order valence-electron chi connectivity index (χ0n) is 20.3. The monoisotopic (exact) mass is 473 g/mol. The smallest absolute Gasteiger partial charge is 0.233 e. The van der Waals surface area contributed by atoms with Crippen molar-refractivity contribution in [3.8, 4) is 17.4 Å². The topological polar surface area (TPSA) is 73.8 Å². The number of methoxy groups -OCH3 is 1. The lowest BCUT2D eigenvalue weighted by atomic mass is 9.73. The van der Waals surface area contributed by atoms with Gasteiger partial charge in [0.05, 0.1) is 12.5 Å². The molecule has 0 spiro atoms. The molecule has 0 N–H and O–H groups in total. The van der Waals surface area contributed by atoms with Crippen LogP contribution in [-0.4, -0.2) is 54.2 Å². The number of carbonyl (C=O) groups excluding carboxylic acids is 1. The molecule has 35 heavy (non-hydrogen) atoms. The van der Waals surface area contributed by atoms with Gasteiger partial charge in [-0.1, -0.05) is 30.3 Å². The Balaban J connectivity index is 1.33. The van der Waals surface area contributed by atoms with Gasteiger partial charge < -0.3 is 19.1 Å². The summed E-state index contributed by atoms with van der Waals surface area (Å²) in [5.41, 5.74) is 1.40. The number of hydrogen-bond donors (Lipinski definition) is 0. The van der Waals surface area contributed by atoms with Gasteiger partial charge in [-0.15, -0.1) is 0 Å². The number of aromatic nitrogens is 2. The van der Waals surface area contributed by atoms with E-state index in [0.717, 1.165) is 29.3 Å². The fourth-order valence-electron chi connectivity index (χ4n) is 5.12. The van der Waals surface area contributed by atoms with Crippen LogP contribution >= 0.6 is 0 Å². The zero-order chi connectivity index (χ0) is 24.3. The van der Waals surface area contributed by atoms with Crippen LogP contribution in [0.4, 0.5) is 0 Å². The predicted molar refractivity (Wildman–Crippen MR) is 132 cm³/mol. The van der Waals surface area contributed by atoms with E-state index in [1.54, 1.807) is 7.11 Å². The zero-order valence-corrected chi connectivity index (χ0v) is 20.3. The van der Waals surface area contributed by atoms with E-state index in [1.165, 1.54) is 0 Å². The van der Waals surface area contributed by atoms with Gasteiger partial charge in [-0.25, -0.2) is 4.98 Å². The number of amides is 1. The Morgan fingerprint density at radius 2 is 1.74 bits per heavy atom. The van der Waals surface area contributed by atoms with Crippen LogP contribution in [0, 0.1) is 6.92 Å². The lowest BCUT2D eigenvalue weighted by Crippen LogP contribution is -2.49. The summed E-state index contributed by atoms with van der Waals surface area (Å²) >= 11 is 0. The third-order valence-corrected chi connectivity index (χ3v) is 7.05. The van der Waals surface area contributed by atoms with Gasteiger partial charge in [0.15, 0.2) is 0 Å². The second kappa shape index (κ2) is 10.0. The molecule has 3 heterocycles. The molecule has 2 fully saturated rings. The van der Waals surface area contributed by atoms with Crippen molar-refractivity contribution in [3.05, 3.63) is 77.7 Å². The van der Waals surface area contributed by atoms with E-state index in [9.17, 15) is 4.79 Å². The van der Waals surface area contributed by atoms with Crippen LogP contribution in [-0.2, 0) is 14.9 Å². The van der Waals surface area contributed by atoms with Gasteiger partial charge in [0.25, 0.3) is 0 Å². The molecule has 1 atom stereocenters. The Labute approximate surface area is 206 Å². The van der Waals surface area contributed by atoms with E-state index in [4.69, 9.17) is 24.2 Å². The number of ether oxygens (including phenoxy) is 3. The number of nitrogens with zero attached hydrogens (tertiary/aromatic N) is 3. The maximum Gasteiger partial charge on any atom is 0.233 e. The summed E-state index contributed by atoms with van der Waals surface area (Å²) in [4.78, 5) is 25.3. The standard InChI is InChI=1S/C28H31N3O4/c1-20-18-25(35-24-10-8-23(33-2)9-11-24)30-26(29-20)21-12-15-31(19-21)27(32)28(13-16-34-17-14-28)22-6-4-3-5-7-22/h3-11,18,21H,12-17,19H2,1-2H3/t21-/m0/s1. The first-order chi connectivity index (χ1) is 17.1. The van der Waals surface area contributed by atoms with Crippen LogP contribution < -0.4 is 9.47 Å². The van der Waals surface area contributed by atoms with E-state index in [1.807, 2.05) is 60.4 Å². The van der Waals surface area contributed by atoms with Crippen LogP contribution in [0.25, 0.3) is 0 Å². The Morgan fingerprint density at radius 1 is 1.03 bits per heavy atom. The fourth-order valence-corrected chi connectivity index (χ4v) is 5.12. The average Bonchev–Trinajstić information content (AvgIpc) is 3.40. The molecule has 0 unspecified atom stereocenters. The van der Waals surface area contributed by atoms with Crippen LogP contribution in [0.15, 0.2) is 60.7 Å². The van der Waals surface area contributed by atoms with Crippen molar-refractivity contribution in [1.82, 2.24) is 14.9 Å². The van der Waals surface area contributed by atoms with Crippen LogP contribution in [0.2, 0.25) is 0 Å². The van der Waals surface area contributed by atoms with Gasteiger partial charge in [-0.2, -0.15) is 4.98 Å². The summed E-state index contributed by atoms with van der Waals surface area (Å²) in [6.45, 7) is 4.46. The Kier molecular flexibility index (Phi) is 6.68. The van der Waals surface area contributed by atoms with E-state index >= 15 is 0 Å². The minimum atomic E-state index is -0.523. The quantitative estimate of drug-likeness (QED) is 0.519. The normalized spacial score (nSPS) is 19.4. The number of benzene rings is 2. The highest BCUT2D eigenvalue weighted by Gasteiger charge is 2.45. The Bertz CT molecular complexity index is 1160. The summed E-state index contributed by atoms with van der Waals surface area (Å²) < 4.78 is 16.8. The highest BCUT2D eigenvalue weighted by molar-refractivity contribution is 5.88. The predicted octanol–water partition coefficient (Wildman–Crippen LogP) is 4.65. The first kappa shape index (κ1) is 23.3. The van der Waals surface area contributed by atoms with Crippen LogP contribution in [0.3, 0.4) is 0 Å². The van der Waals surface area contributed by atoms with E-state index in [0.29, 0.717) is 50.8 Å². The molecule has 7 heteroatoms. The second-order valence-electron chi connectivity index (χ2n) is 9.28. The number of aryl methyl sites for hydroxylation is 1. The second-order valence-corrected chi connectivity index (χ2v) is 9.28. The van der Waals surface area contributed by atoms with Gasteiger partial charge in [0.1, 0.15) is 17.3 Å². The first-order valence-corrected chi connectivity index (χ1v) is 12.2. The lowest BCUT2D eigenvalue weighted by Gasteiger charge is -2.39. The van der Waals surface area contributed by atoms with Gasteiger partial charge in [-0.3, -0.25) is 4.79 Å². The molecular formula is C28H31N3O4. The van der Waals surface area contributed by atoms with Crippen molar-refractivity contribution in [1.29, 1.82) is 0 Å². The molecular weight excluding hydrogens is 442 g/mol. The highest BCUT2D eigenvalue weighted by atomic mass is 16.5. The molecule has 0 saturated carbocycles. The average molecular weight is 474 g/mol. The highest BCUT2D eigenvalue weighted by Crippen LogP contribution is 2.39. The van der Waals surface area contributed by atoms with Crippen molar-refractivity contribution < 1.29 is 19.0 Å². The molecule has 0 radical (unpaired) electrons. The molecule has 1 amide bonds. The van der Waals surface area contributed by atoms with Crippen molar-refractivity contribution >= 4 is 5.91 Å².